The van der Waals surface area contributed by atoms with E-state index in [0.29, 0.717) is 5.69 Å². The number of aliphatic hydroxyl groups excluding tert-OH is 1. The van der Waals surface area contributed by atoms with Crippen LogP contribution >= 0.6 is 31.9 Å². The lowest BCUT2D eigenvalue weighted by atomic mass is 9.89. The number of amides is 1. The highest BCUT2D eigenvalue weighted by molar-refractivity contribution is 9.12. The Kier molecular flexibility index (Phi) is 4.84. The molecule has 22 heavy (non-hydrogen) atoms. The van der Waals surface area contributed by atoms with Crippen molar-refractivity contribution < 1.29 is 23.1 Å². The fraction of sp³-hybridized carbons (Fsp3) is 0.214. The summed E-state index contributed by atoms with van der Waals surface area (Å²) >= 11 is 5.46. The summed E-state index contributed by atoms with van der Waals surface area (Å²) in [4.78, 5) is 12.2. The number of rotatable bonds is 2. The van der Waals surface area contributed by atoms with Crippen LogP contribution < -0.4 is 5.32 Å². The molecule has 0 saturated heterocycles. The predicted octanol–water partition coefficient (Wildman–Crippen LogP) is 3.90. The molecule has 0 heterocycles. The molecule has 1 aromatic rings. The van der Waals surface area contributed by atoms with Crippen molar-refractivity contribution in [3.63, 3.8) is 0 Å². The molecule has 1 aliphatic carbocycles. The number of aliphatic hydroxyl groups is 1. The van der Waals surface area contributed by atoms with E-state index in [4.69, 9.17) is 0 Å². The van der Waals surface area contributed by atoms with Crippen LogP contribution in [0.3, 0.4) is 0 Å². The third kappa shape index (κ3) is 3.28. The number of carbonyl (C=O) groups excluding carboxylic acids is 1. The number of carbonyl (C=O) groups is 1. The van der Waals surface area contributed by atoms with Crippen LogP contribution in [0.5, 0.6) is 0 Å². The Morgan fingerprint density at radius 2 is 1.86 bits per heavy atom. The van der Waals surface area contributed by atoms with Gasteiger partial charge in [0.15, 0.2) is 4.32 Å². The third-order valence-corrected chi connectivity index (χ3v) is 4.63. The van der Waals surface area contributed by atoms with Crippen LogP contribution in [0.25, 0.3) is 0 Å². The van der Waals surface area contributed by atoms with E-state index in [1.807, 2.05) is 0 Å². The van der Waals surface area contributed by atoms with E-state index in [9.17, 15) is 23.1 Å². The maximum Gasteiger partial charge on any atom is 0.410 e. The Hall–Kier alpha value is -1.12. The Labute approximate surface area is 141 Å². The smallest absolute Gasteiger partial charge is 0.386 e. The minimum atomic E-state index is -4.78. The van der Waals surface area contributed by atoms with Crippen LogP contribution in [0.15, 0.2) is 52.5 Å². The van der Waals surface area contributed by atoms with Crippen LogP contribution in [0.1, 0.15) is 0 Å². The molecule has 0 bridgehead atoms. The van der Waals surface area contributed by atoms with Crippen molar-refractivity contribution in [1.82, 2.24) is 0 Å². The Bertz CT molecular complexity index is 643. The molecule has 0 saturated carbocycles. The number of hydrogen-bond acceptors (Lipinski definition) is 2. The summed E-state index contributed by atoms with van der Waals surface area (Å²) in [5.74, 6) is -0.808. The number of benzene rings is 1. The van der Waals surface area contributed by atoms with E-state index in [2.05, 4.69) is 37.2 Å². The number of allylic oxidation sites excluding steroid dienone is 2. The summed E-state index contributed by atoms with van der Waals surface area (Å²) < 4.78 is 36.9. The molecule has 2 atom stereocenters. The fourth-order valence-corrected chi connectivity index (χ4v) is 3.33. The first kappa shape index (κ1) is 17.2. The van der Waals surface area contributed by atoms with E-state index in [1.54, 1.807) is 30.3 Å². The fourth-order valence-electron chi connectivity index (χ4n) is 1.93. The maximum absolute atomic E-state index is 13.2. The lowest BCUT2D eigenvalue weighted by Gasteiger charge is -2.35. The second kappa shape index (κ2) is 6.17. The highest BCUT2D eigenvalue weighted by Crippen LogP contribution is 2.47. The van der Waals surface area contributed by atoms with Gasteiger partial charge in [-0.3, -0.25) is 4.79 Å². The zero-order valence-electron chi connectivity index (χ0n) is 10.9. The molecule has 0 aliphatic heterocycles. The van der Waals surface area contributed by atoms with Gasteiger partial charge in [0.25, 0.3) is 5.91 Å². The van der Waals surface area contributed by atoms with Gasteiger partial charge < -0.3 is 10.4 Å². The molecular weight excluding hydrogens is 431 g/mol. The zero-order chi connectivity index (χ0) is 16.5. The average Bonchev–Trinajstić information content (AvgIpc) is 2.42. The number of alkyl halides is 4. The van der Waals surface area contributed by atoms with Crippen molar-refractivity contribution in [3.05, 3.63) is 52.5 Å². The van der Waals surface area contributed by atoms with E-state index in [1.165, 1.54) is 0 Å². The van der Waals surface area contributed by atoms with Crippen molar-refractivity contribution in [2.45, 2.75) is 16.6 Å². The summed E-state index contributed by atoms with van der Waals surface area (Å²) in [6.45, 7) is 0. The summed E-state index contributed by atoms with van der Waals surface area (Å²) in [6, 6.07) is 8.24. The molecule has 1 amide bonds. The van der Waals surface area contributed by atoms with Gasteiger partial charge in [-0.25, -0.2) is 0 Å². The summed E-state index contributed by atoms with van der Waals surface area (Å²) in [7, 11) is 0. The maximum atomic E-state index is 13.2. The van der Waals surface area contributed by atoms with Crippen LogP contribution in [-0.4, -0.2) is 27.6 Å². The minimum absolute atomic E-state index is 0.0465. The van der Waals surface area contributed by atoms with Crippen molar-refractivity contribution in [2.24, 2.45) is 0 Å². The van der Waals surface area contributed by atoms with Crippen molar-refractivity contribution in [3.8, 4) is 0 Å². The van der Waals surface area contributed by atoms with Gasteiger partial charge in [-0.2, -0.15) is 13.2 Å². The molecule has 0 aromatic heterocycles. The number of para-hydroxylation sites is 1. The standard InChI is InChI=1S/C14H10Br2F3NO2/c15-8-6-10(11(21)13(16,7-8)14(17,18)19)12(22)20-9-4-2-1-3-5-9/h1-7,11,21H,(H,20,22). The van der Waals surface area contributed by atoms with Crippen molar-refractivity contribution in [1.29, 1.82) is 0 Å². The zero-order valence-corrected chi connectivity index (χ0v) is 14.0. The number of anilines is 1. The largest absolute Gasteiger partial charge is 0.410 e. The highest BCUT2D eigenvalue weighted by Gasteiger charge is 2.59. The van der Waals surface area contributed by atoms with Gasteiger partial charge in [-0.05, 0) is 24.3 Å². The molecule has 118 valence electrons. The molecule has 2 rings (SSSR count). The lowest BCUT2D eigenvalue weighted by molar-refractivity contribution is -0.163. The molecular formula is C14H10Br2F3NO2. The molecule has 2 unspecified atom stereocenters. The summed E-state index contributed by atoms with van der Waals surface area (Å²) in [5.41, 5.74) is 0.0193. The second-order valence-electron chi connectivity index (χ2n) is 4.62. The third-order valence-electron chi connectivity index (χ3n) is 3.06. The van der Waals surface area contributed by atoms with Gasteiger partial charge >= 0.3 is 6.18 Å². The number of halogens is 5. The van der Waals surface area contributed by atoms with Crippen LogP contribution in [-0.2, 0) is 4.79 Å². The van der Waals surface area contributed by atoms with Crippen LogP contribution in [0.4, 0.5) is 18.9 Å². The first-order valence-electron chi connectivity index (χ1n) is 6.05. The molecule has 8 heteroatoms. The molecule has 0 fully saturated rings. The first-order valence-corrected chi connectivity index (χ1v) is 7.64. The molecule has 1 aromatic carbocycles. The van der Waals surface area contributed by atoms with E-state index < -0.39 is 28.1 Å². The van der Waals surface area contributed by atoms with Crippen molar-refractivity contribution >= 4 is 43.5 Å². The van der Waals surface area contributed by atoms with Gasteiger partial charge in [0, 0.05) is 15.7 Å². The normalized spacial score (nSPS) is 25.3. The lowest BCUT2D eigenvalue weighted by Crippen LogP contribution is -2.51. The van der Waals surface area contributed by atoms with Gasteiger partial charge in [0.1, 0.15) is 6.10 Å². The Balaban J connectivity index is 2.31. The summed E-state index contributed by atoms with van der Waals surface area (Å²) in [6.07, 6.45) is -4.92. The number of hydrogen-bond donors (Lipinski definition) is 2. The Morgan fingerprint density at radius 1 is 1.27 bits per heavy atom. The minimum Gasteiger partial charge on any atom is -0.386 e. The van der Waals surface area contributed by atoms with Gasteiger partial charge in [-0.15, -0.1) is 0 Å². The molecule has 0 radical (unpaired) electrons. The molecule has 1 aliphatic rings. The van der Waals surface area contributed by atoms with E-state index >= 15 is 0 Å². The molecule has 3 nitrogen and oxygen atoms in total. The van der Waals surface area contributed by atoms with Gasteiger partial charge in [-0.1, -0.05) is 50.1 Å². The van der Waals surface area contributed by atoms with Crippen LogP contribution in [0.2, 0.25) is 0 Å². The quantitative estimate of drug-likeness (QED) is 0.685. The summed E-state index contributed by atoms with van der Waals surface area (Å²) in [5, 5.41) is 12.5. The van der Waals surface area contributed by atoms with E-state index in [-0.39, 0.29) is 4.48 Å². The van der Waals surface area contributed by atoms with Gasteiger partial charge in [0.2, 0.25) is 0 Å². The molecule has 0 spiro atoms. The average molecular weight is 441 g/mol. The monoisotopic (exact) mass is 439 g/mol. The Morgan fingerprint density at radius 3 is 2.41 bits per heavy atom. The predicted molar refractivity (Wildman–Crippen MR) is 83.9 cm³/mol. The van der Waals surface area contributed by atoms with Gasteiger partial charge in [0.05, 0.1) is 0 Å². The van der Waals surface area contributed by atoms with E-state index in [0.717, 1.165) is 12.2 Å². The van der Waals surface area contributed by atoms with Crippen molar-refractivity contribution in [2.75, 3.05) is 5.32 Å². The molecule has 2 N–H and O–H groups in total. The first-order chi connectivity index (χ1) is 10.1. The SMILES string of the molecule is O=C(Nc1ccccc1)C1=CC(Br)=CC(Br)(C(F)(F)F)C1O. The topological polar surface area (TPSA) is 49.3 Å². The highest BCUT2D eigenvalue weighted by atomic mass is 79.9. The number of nitrogens with one attached hydrogen (secondary N) is 1. The second-order valence-corrected chi connectivity index (χ2v) is 6.85. The van der Waals surface area contributed by atoms with Crippen LogP contribution in [0, 0.1) is 0 Å².